The van der Waals surface area contributed by atoms with Gasteiger partial charge in [-0.2, -0.15) is 0 Å². The molecular weight excluding hydrogens is 376 g/mol. The third-order valence-corrected chi connectivity index (χ3v) is 6.35. The predicted molar refractivity (Wildman–Crippen MR) is 129 cm³/mol. The standard InChI is InChI=1S/C29H24N2/c1-18-15-26(21-7-4-3-5-8-21)24-13-14-25-27(16-19(2)31-29(25)28(24)30-18)23-10-6-9-22(17-23)20-11-12-20/h3-10,13-17,20H,11-12H2,1-2H3. The van der Waals surface area contributed by atoms with E-state index in [2.05, 4.69) is 92.7 Å². The second-order valence-corrected chi connectivity index (χ2v) is 8.75. The van der Waals surface area contributed by atoms with Gasteiger partial charge >= 0.3 is 0 Å². The van der Waals surface area contributed by atoms with Crippen LogP contribution in [-0.4, -0.2) is 9.97 Å². The van der Waals surface area contributed by atoms with Gasteiger partial charge in [0.2, 0.25) is 0 Å². The summed E-state index contributed by atoms with van der Waals surface area (Å²) < 4.78 is 0. The third kappa shape index (κ3) is 3.19. The first-order valence-electron chi connectivity index (χ1n) is 11.0. The molecule has 2 nitrogen and oxygen atoms in total. The van der Waals surface area contributed by atoms with E-state index < -0.39 is 0 Å². The molecule has 150 valence electrons. The molecule has 0 radical (unpaired) electrons. The molecule has 0 aliphatic heterocycles. The summed E-state index contributed by atoms with van der Waals surface area (Å²) in [4.78, 5) is 9.93. The Morgan fingerprint density at radius 1 is 0.613 bits per heavy atom. The molecule has 0 atom stereocenters. The lowest BCUT2D eigenvalue weighted by Crippen LogP contribution is -1.95. The molecule has 1 saturated carbocycles. The maximum atomic E-state index is 4.97. The Hall–Kier alpha value is -3.52. The molecule has 0 amide bonds. The van der Waals surface area contributed by atoms with E-state index >= 15 is 0 Å². The van der Waals surface area contributed by atoms with Crippen LogP contribution >= 0.6 is 0 Å². The first kappa shape index (κ1) is 18.3. The van der Waals surface area contributed by atoms with Crippen molar-refractivity contribution < 1.29 is 0 Å². The number of hydrogen-bond donors (Lipinski definition) is 0. The van der Waals surface area contributed by atoms with Crippen LogP contribution in [-0.2, 0) is 0 Å². The van der Waals surface area contributed by atoms with Gasteiger partial charge in [0.25, 0.3) is 0 Å². The van der Waals surface area contributed by atoms with Gasteiger partial charge in [-0.25, -0.2) is 0 Å². The average Bonchev–Trinajstić information content (AvgIpc) is 3.64. The zero-order valence-electron chi connectivity index (χ0n) is 17.9. The van der Waals surface area contributed by atoms with Crippen molar-refractivity contribution in [3.63, 3.8) is 0 Å². The molecule has 2 heterocycles. The summed E-state index contributed by atoms with van der Waals surface area (Å²) in [7, 11) is 0. The minimum absolute atomic E-state index is 0.743. The van der Waals surface area contributed by atoms with Crippen molar-refractivity contribution in [1.29, 1.82) is 0 Å². The lowest BCUT2D eigenvalue weighted by Gasteiger charge is -2.14. The molecule has 2 heteroatoms. The van der Waals surface area contributed by atoms with Crippen molar-refractivity contribution in [3.05, 3.63) is 95.8 Å². The minimum atomic E-state index is 0.743. The van der Waals surface area contributed by atoms with Crippen molar-refractivity contribution in [2.24, 2.45) is 0 Å². The van der Waals surface area contributed by atoms with Crippen LogP contribution in [0.5, 0.6) is 0 Å². The average molecular weight is 401 g/mol. The smallest absolute Gasteiger partial charge is 0.0974 e. The fraction of sp³-hybridized carbons (Fsp3) is 0.172. The number of rotatable bonds is 3. The highest BCUT2D eigenvalue weighted by Crippen LogP contribution is 2.42. The van der Waals surface area contributed by atoms with Gasteiger partial charge in [-0.05, 0) is 72.6 Å². The van der Waals surface area contributed by atoms with E-state index in [1.165, 1.54) is 46.0 Å². The molecule has 0 bridgehead atoms. The van der Waals surface area contributed by atoms with E-state index in [9.17, 15) is 0 Å². The number of aryl methyl sites for hydroxylation is 2. The van der Waals surface area contributed by atoms with Crippen LogP contribution in [0.4, 0.5) is 0 Å². The highest BCUT2D eigenvalue weighted by molar-refractivity contribution is 6.12. The first-order chi connectivity index (χ1) is 15.2. The number of nitrogens with zero attached hydrogens (tertiary/aromatic N) is 2. The molecular formula is C29H24N2. The van der Waals surface area contributed by atoms with Gasteiger partial charge in [0, 0.05) is 22.2 Å². The Morgan fingerprint density at radius 3 is 1.81 bits per heavy atom. The third-order valence-electron chi connectivity index (χ3n) is 6.35. The Kier molecular flexibility index (Phi) is 4.14. The molecule has 1 aliphatic carbocycles. The maximum absolute atomic E-state index is 4.97. The quantitative estimate of drug-likeness (QED) is 0.291. The summed E-state index contributed by atoms with van der Waals surface area (Å²) >= 11 is 0. The van der Waals surface area contributed by atoms with Crippen LogP contribution in [0.2, 0.25) is 0 Å². The molecule has 31 heavy (non-hydrogen) atoms. The largest absolute Gasteiger partial charge is 0.251 e. The normalized spacial score (nSPS) is 13.7. The van der Waals surface area contributed by atoms with Crippen LogP contribution < -0.4 is 0 Å². The molecule has 3 aromatic carbocycles. The second kappa shape index (κ2) is 7.02. The van der Waals surface area contributed by atoms with Crippen molar-refractivity contribution in [1.82, 2.24) is 9.97 Å². The number of benzene rings is 3. The number of fused-ring (bicyclic) bond motifs is 3. The fourth-order valence-electron chi connectivity index (χ4n) is 4.70. The van der Waals surface area contributed by atoms with Crippen molar-refractivity contribution in [2.75, 3.05) is 0 Å². The molecule has 0 spiro atoms. The molecule has 0 saturated heterocycles. The SMILES string of the molecule is Cc1cc(-c2ccccc2)c2ccc3c(-c4cccc(C5CC5)c4)cc(C)nc3c2n1. The van der Waals surface area contributed by atoms with E-state index in [1.54, 1.807) is 0 Å². The molecule has 0 N–H and O–H groups in total. The van der Waals surface area contributed by atoms with E-state index in [-0.39, 0.29) is 0 Å². The van der Waals surface area contributed by atoms with Crippen molar-refractivity contribution >= 4 is 21.8 Å². The summed E-state index contributed by atoms with van der Waals surface area (Å²) in [6, 6.07) is 28.5. The lowest BCUT2D eigenvalue weighted by atomic mass is 9.94. The van der Waals surface area contributed by atoms with Crippen molar-refractivity contribution in [2.45, 2.75) is 32.6 Å². The van der Waals surface area contributed by atoms with Gasteiger partial charge in [-0.15, -0.1) is 0 Å². The molecule has 5 aromatic rings. The summed E-state index contributed by atoms with van der Waals surface area (Å²) in [5, 5.41) is 2.32. The van der Waals surface area contributed by atoms with Gasteiger partial charge in [-0.1, -0.05) is 66.7 Å². The Labute approximate surface area is 182 Å². The van der Waals surface area contributed by atoms with E-state index in [4.69, 9.17) is 9.97 Å². The molecule has 6 rings (SSSR count). The van der Waals surface area contributed by atoms with E-state index in [1.807, 2.05) is 0 Å². The van der Waals surface area contributed by atoms with E-state index in [0.717, 1.165) is 33.7 Å². The summed E-state index contributed by atoms with van der Waals surface area (Å²) in [6.07, 6.45) is 2.63. The van der Waals surface area contributed by atoms with Crippen LogP contribution in [0.25, 0.3) is 44.1 Å². The van der Waals surface area contributed by atoms with Gasteiger partial charge in [0.15, 0.2) is 0 Å². The highest BCUT2D eigenvalue weighted by atomic mass is 14.8. The zero-order chi connectivity index (χ0) is 20.9. The van der Waals surface area contributed by atoms with Gasteiger partial charge in [0.05, 0.1) is 11.0 Å². The van der Waals surface area contributed by atoms with Crippen LogP contribution in [0, 0.1) is 13.8 Å². The van der Waals surface area contributed by atoms with Gasteiger partial charge < -0.3 is 0 Å². The molecule has 1 fully saturated rings. The van der Waals surface area contributed by atoms with Gasteiger partial charge in [-0.3, -0.25) is 9.97 Å². The predicted octanol–water partition coefficient (Wildman–Crippen LogP) is 7.61. The minimum Gasteiger partial charge on any atom is -0.251 e. The molecule has 0 unspecified atom stereocenters. The monoisotopic (exact) mass is 400 g/mol. The van der Waals surface area contributed by atoms with Gasteiger partial charge in [0.1, 0.15) is 0 Å². The number of aromatic nitrogens is 2. The molecule has 1 aliphatic rings. The fourth-order valence-corrected chi connectivity index (χ4v) is 4.70. The maximum Gasteiger partial charge on any atom is 0.0974 e. The lowest BCUT2D eigenvalue weighted by molar-refractivity contribution is 1.13. The van der Waals surface area contributed by atoms with Crippen LogP contribution in [0.3, 0.4) is 0 Å². The number of pyridine rings is 2. The Balaban J connectivity index is 1.64. The number of hydrogen-bond acceptors (Lipinski definition) is 2. The first-order valence-corrected chi connectivity index (χ1v) is 11.0. The molecule has 2 aromatic heterocycles. The van der Waals surface area contributed by atoms with E-state index in [0.29, 0.717) is 0 Å². The zero-order valence-corrected chi connectivity index (χ0v) is 17.9. The Morgan fingerprint density at radius 2 is 1.19 bits per heavy atom. The summed E-state index contributed by atoms with van der Waals surface area (Å²) in [6.45, 7) is 4.15. The second-order valence-electron chi connectivity index (χ2n) is 8.75. The Bertz CT molecular complexity index is 1450. The van der Waals surface area contributed by atoms with Crippen LogP contribution in [0.1, 0.15) is 35.7 Å². The topological polar surface area (TPSA) is 25.8 Å². The van der Waals surface area contributed by atoms with Crippen molar-refractivity contribution in [3.8, 4) is 22.3 Å². The van der Waals surface area contributed by atoms with Crippen LogP contribution in [0.15, 0.2) is 78.9 Å². The summed E-state index contributed by atoms with van der Waals surface area (Å²) in [5.74, 6) is 0.743. The highest BCUT2D eigenvalue weighted by Gasteiger charge is 2.23. The summed E-state index contributed by atoms with van der Waals surface area (Å²) in [5.41, 5.74) is 10.4.